The average molecular weight is 594 g/mol. The highest BCUT2D eigenvalue weighted by Gasteiger charge is 2.65. The third-order valence-electron chi connectivity index (χ3n) is 5.86. The summed E-state index contributed by atoms with van der Waals surface area (Å²) >= 11 is 0. The van der Waals surface area contributed by atoms with Crippen molar-refractivity contribution < 1.29 is 55.6 Å². The van der Waals surface area contributed by atoms with E-state index in [-0.39, 0.29) is 17.7 Å². The van der Waals surface area contributed by atoms with Crippen LogP contribution in [0.4, 0.5) is 45.9 Å². The third kappa shape index (κ3) is 7.56. The van der Waals surface area contributed by atoms with E-state index in [1.54, 1.807) is 0 Å². The molecule has 0 spiro atoms. The summed E-state index contributed by atoms with van der Waals surface area (Å²) in [5.74, 6) is -4.41. The predicted octanol–water partition coefficient (Wildman–Crippen LogP) is 10.5. The van der Waals surface area contributed by atoms with Crippen LogP contribution < -0.4 is 4.94 Å². The molecule has 1 saturated heterocycles. The van der Waals surface area contributed by atoms with Crippen molar-refractivity contribution in [3.63, 3.8) is 0 Å². The van der Waals surface area contributed by atoms with Gasteiger partial charge in [0.2, 0.25) is 0 Å². The lowest BCUT2D eigenvalue weighted by Gasteiger charge is -2.40. The van der Waals surface area contributed by atoms with Gasteiger partial charge in [-0.3, -0.25) is 4.94 Å². The van der Waals surface area contributed by atoms with Gasteiger partial charge in [0.1, 0.15) is 34.8 Å². The van der Waals surface area contributed by atoms with E-state index in [4.69, 9.17) is 4.74 Å². The zero-order chi connectivity index (χ0) is 29.2. The summed E-state index contributed by atoms with van der Waals surface area (Å²) < 4.78 is 146. The number of hydrogen-bond donors (Lipinski definition) is 0. The normalized spacial score (nSPS) is 19.4. The van der Waals surface area contributed by atoms with Gasteiger partial charge in [-0.1, -0.05) is 26.4 Å². The molecule has 2 unspecified atom stereocenters. The van der Waals surface area contributed by atoms with Gasteiger partial charge in [0.25, 0.3) is 0 Å². The van der Waals surface area contributed by atoms with E-state index >= 15 is 0 Å². The molecule has 1 aliphatic heterocycles. The van der Waals surface area contributed by atoms with Crippen LogP contribution in [0.5, 0.6) is 5.75 Å². The molecule has 0 saturated carbocycles. The highest BCUT2D eigenvalue weighted by atomic mass is 32.5. The maximum Gasteiger partial charge on any atom is 0.310 e. The van der Waals surface area contributed by atoms with Crippen molar-refractivity contribution in [1.82, 2.24) is 0 Å². The lowest BCUT2D eigenvalue weighted by molar-refractivity contribution is -0.0126. The number of hydrogen-bond acceptors (Lipinski definition) is 2. The molecule has 1 aliphatic rings. The Morgan fingerprint density at radius 3 is 1.77 bits per heavy atom. The minimum absolute atomic E-state index is 0.0659. The second kappa shape index (κ2) is 10.5. The fourth-order valence-corrected chi connectivity index (χ4v) is 4.47. The number of alkyl halides is 1. The van der Waals surface area contributed by atoms with Gasteiger partial charge in [0.05, 0.1) is 17.2 Å². The van der Waals surface area contributed by atoms with Crippen molar-refractivity contribution in [3.05, 3.63) is 82.9 Å². The predicted molar refractivity (Wildman–Crippen MR) is 123 cm³/mol. The van der Waals surface area contributed by atoms with Gasteiger partial charge in [-0.2, -0.15) is 0 Å². The van der Waals surface area contributed by atoms with E-state index in [2.05, 4.69) is 4.94 Å². The van der Waals surface area contributed by atoms with E-state index < -0.39 is 68.0 Å². The maximum absolute atomic E-state index is 14.5. The molecular weight excluding hydrogens is 573 g/mol. The van der Waals surface area contributed by atoms with Gasteiger partial charge in [0.15, 0.2) is 5.75 Å². The molecule has 0 aliphatic carbocycles. The molecule has 39 heavy (non-hydrogen) atoms. The van der Waals surface area contributed by atoms with E-state index in [1.165, 1.54) is 0 Å². The zero-order valence-electron chi connectivity index (χ0n) is 20.0. The first-order chi connectivity index (χ1) is 17.9. The summed E-state index contributed by atoms with van der Waals surface area (Å²) in [6, 6.07) is 4.78. The molecule has 216 valence electrons. The fraction of sp³-hybridized carbons (Fsp3) is 0.280. The quantitative estimate of drug-likeness (QED) is 0.274. The minimum Gasteiger partial charge on any atom is -0.373 e. The summed E-state index contributed by atoms with van der Waals surface area (Å²) in [7, 11) is -9.64. The largest absolute Gasteiger partial charge is 0.373 e. The van der Waals surface area contributed by atoms with Crippen LogP contribution in [0.25, 0.3) is 11.1 Å². The number of ether oxygens (including phenoxy) is 1. The Kier molecular flexibility index (Phi) is 8.24. The van der Waals surface area contributed by atoms with Crippen molar-refractivity contribution >= 4 is 10.2 Å². The van der Waals surface area contributed by atoms with Gasteiger partial charge in [-0.15, -0.1) is 0 Å². The van der Waals surface area contributed by atoms with E-state index in [9.17, 15) is 45.9 Å². The van der Waals surface area contributed by atoms with Crippen molar-refractivity contribution in [2.24, 2.45) is 5.92 Å². The summed E-state index contributed by atoms with van der Waals surface area (Å²) in [5, 5.41) is 0. The highest BCUT2D eigenvalue weighted by Crippen LogP contribution is 3.02. The molecule has 2 nitrogen and oxygen atoms in total. The Balaban J connectivity index is 0.000000255. The summed E-state index contributed by atoms with van der Waals surface area (Å²) in [4.78, 5) is 0.971. The Bertz CT molecular complexity index is 1280. The van der Waals surface area contributed by atoms with E-state index in [0.717, 1.165) is 30.7 Å². The average Bonchev–Trinajstić information content (AvgIpc) is 2.83. The SMILES string of the molecule is CC1CCC(c2cc(F)c(-c3cc(F)c(CF)c(F)c3)c(F)c2)OC1.FOc1ccc(S(F)(F)(F)(F)F)cc1. The van der Waals surface area contributed by atoms with Crippen LogP contribution in [0.15, 0.2) is 53.4 Å². The van der Waals surface area contributed by atoms with Gasteiger partial charge in [0, 0.05) is 11.1 Å². The van der Waals surface area contributed by atoms with Crippen LogP contribution in [0, 0.1) is 29.2 Å². The Morgan fingerprint density at radius 1 is 0.821 bits per heavy atom. The Labute approximate surface area is 216 Å². The Morgan fingerprint density at radius 2 is 1.36 bits per heavy atom. The van der Waals surface area contributed by atoms with Crippen molar-refractivity contribution in [2.75, 3.05) is 6.61 Å². The van der Waals surface area contributed by atoms with E-state index in [1.807, 2.05) is 6.92 Å². The second-order valence-electron chi connectivity index (χ2n) is 8.93. The second-order valence-corrected chi connectivity index (χ2v) is 11.3. The standard InChI is InChI=1S/C19H17F5O.C6H4F6OS/c1-10-2-3-18(25-9-10)11-4-16(23)19(17(24)5-11)12-6-14(21)13(8-20)15(22)7-12;7-13-5-1-3-6(4-2-5)14(8,9,10,11)12/h4-7,10,18H,2-3,8-9H2,1H3;1-4H. The smallest absolute Gasteiger partial charge is 0.310 e. The molecule has 0 amide bonds. The third-order valence-corrected chi connectivity index (χ3v) is 7.02. The van der Waals surface area contributed by atoms with E-state index in [0.29, 0.717) is 36.6 Å². The summed E-state index contributed by atoms with van der Waals surface area (Å²) in [6.45, 7) is 1.21. The lowest BCUT2D eigenvalue weighted by Crippen LogP contribution is -2.18. The lowest BCUT2D eigenvalue weighted by atomic mass is 9.93. The monoisotopic (exact) mass is 594 g/mol. The molecule has 14 heteroatoms. The van der Waals surface area contributed by atoms with Gasteiger partial charge >= 0.3 is 10.2 Å². The van der Waals surface area contributed by atoms with Gasteiger partial charge in [-0.05, 0) is 78.4 Å². The van der Waals surface area contributed by atoms with Crippen molar-refractivity contribution in [1.29, 1.82) is 0 Å². The molecule has 1 fully saturated rings. The molecule has 0 aromatic heterocycles. The Hall–Kier alpha value is -3.00. The van der Waals surface area contributed by atoms with Gasteiger partial charge in [-0.25, -0.2) is 22.0 Å². The molecular formula is C25H21F11O2S. The van der Waals surface area contributed by atoms with Crippen LogP contribution in [-0.2, 0) is 11.4 Å². The van der Waals surface area contributed by atoms with Crippen LogP contribution in [0.3, 0.4) is 0 Å². The number of halogens is 11. The van der Waals surface area contributed by atoms with Crippen LogP contribution >= 0.6 is 10.2 Å². The molecule has 3 aromatic rings. The molecule has 0 radical (unpaired) electrons. The first-order valence-corrected chi connectivity index (χ1v) is 13.2. The molecule has 0 N–H and O–H groups in total. The molecule has 3 aromatic carbocycles. The number of rotatable bonds is 5. The van der Waals surface area contributed by atoms with Crippen molar-refractivity contribution in [2.45, 2.75) is 37.4 Å². The molecule has 2 atom stereocenters. The van der Waals surface area contributed by atoms with Crippen LogP contribution in [-0.4, -0.2) is 6.61 Å². The van der Waals surface area contributed by atoms with Crippen LogP contribution in [0.2, 0.25) is 0 Å². The highest BCUT2D eigenvalue weighted by molar-refractivity contribution is 8.45. The zero-order valence-corrected chi connectivity index (χ0v) is 20.8. The topological polar surface area (TPSA) is 18.5 Å². The fourth-order valence-electron chi connectivity index (χ4n) is 3.82. The first-order valence-electron chi connectivity index (χ1n) is 11.2. The molecule has 0 bridgehead atoms. The molecule has 1 heterocycles. The van der Waals surface area contributed by atoms with Gasteiger partial charge < -0.3 is 4.74 Å². The first kappa shape index (κ1) is 30.5. The van der Waals surface area contributed by atoms with Crippen LogP contribution in [0.1, 0.15) is 37.0 Å². The number of benzene rings is 3. The van der Waals surface area contributed by atoms with Crippen molar-refractivity contribution in [3.8, 4) is 16.9 Å². The summed E-state index contributed by atoms with van der Waals surface area (Å²) in [6.07, 6.45) is 1.13. The summed E-state index contributed by atoms with van der Waals surface area (Å²) in [5.41, 5.74) is -1.26. The molecule has 4 rings (SSSR count). The maximum atomic E-state index is 14.5. The minimum atomic E-state index is -9.64.